The maximum absolute atomic E-state index is 12.8. The van der Waals surface area contributed by atoms with Gasteiger partial charge < -0.3 is 20.5 Å². The Morgan fingerprint density at radius 2 is 1.94 bits per heavy atom. The Morgan fingerprint density at radius 3 is 2.62 bits per heavy atom. The number of nitrogens with one attached hydrogen (secondary N) is 2. The number of carbonyl (C=O) groups excluding carboxylic acids is 2. The van der Waals surface area contributed by atoms with Gasteiger partial charge in [-0.15, -0.1) is 0 Å². The number of rotatable bonds is 7. The second-order valence-corrected chi connectivity index (χ2v) is 8.92. The molecule has 1 aliphatic carbocycles. The molecule has 3 N–H and O–H groups in total. The maximum atomic E-state index is 12.8. The van der Waals surface area contributed by atoms with Crippen molar-refractivity contribution in [3.8, 4) is 5.75 Å². The second kappa shape index (κ2) is 10.7. The first-order valence-corrected chi connectivity index (χ1v) is 11.6. The zero-order valence-electron chi connectivity index (χ0n) is 19.6. The molecule has 1 saturated heterocycles. The number of anilines is 2. The van der Waals surface area contributed by atoms with Crippen molar-refractivity contribution < 1.29 is 19.4 Å². The Morgan fingerprint density at radius 1 is 1.15 bits per heavy atom. The maximum Gasteiger partial charge on any atom is 0.255 e. The van der Waals surface area contributed by atoms with E-state index in [1.54, 1.807) is 7.11 Å². The highest BCUT2D eigenvalue weighted by Gasteiger charge is 2.24. The van der Waals surface area contributed by atoms with E-state index in [9.17, 15) is 14.7 Å². The first kappa shape index (κ1) is 23.7. The number of hydrogen-bond acceptors (Lipinski definition) is 5. The molecule has 0 saturated carbocycles. The van der Waals surface area contributed by atoms with Gasteiger partial charge in [-0.25, -0.2) is 0 Å². The van der Waals surface area contributed by atoms with Crippen LogP contribution in [0.2, 0.25) is 0 Å². The Bertz CT molecular complexity index is 1110. The number of likely N-dealkylation sites (tertiary alicyclic amines) is 1. The molecule has 34 heavy (non-hydrogen) atoms. The standard InChI is InChI=1S/C27H31N3O4/c1-18-3-5-19(6-4-18)20-7-10-22(11-8-20)28-27(33)21-9-12-25(31)24(15-21)29-26(32)17-30-14-13-23(16-30)34-2/h3,5-12,15,18,23,31H,4,13-14,16-17H2,1-2H3,(H,28,33)(H,29,32). The van der Waals surface area contributed by atoms with Crippen molar-refractivity contribution in [1.29, 1.82) is 0 Å². The first-order valence-electron chi connectivity index (χ1n) is 11.6. The van der Waals surface area contributed by atoms with Gasteiger partial charge in [0.2, 0.25) is 5.91 Å². The van der Waals surface area contributed by atoms with Crippen molar-refractivity contribution >= 4 is 28.8 Å². The number of phenols is 1. The fourth-order valence-corrected chi connectivity index (χ4v) is 4.19. The van der Waals surface area contributed by atoms with E-state index >= 15 is 0 Å². The molecule has 7 heteroatoms. The third-order valence-corrected chi connectivity index (χ3v) is 6.25. The third kappa shape index (κ3) is 5.92. The summed E-state index contributed by atoms with van der Waals surface area (Å²) in [5.41, 5.74) is 3.50. The van der Waals surface area contributed by atoms with Crippen LogP contribution in [0, 0.1) is 5.92 Å². The van der Waals surface area contributed by atoms with Crippen molar-refractivity contribution in [2.24, 2.45) is 5.92 Å². The molecule has 2 aliphatic rings. The molecule has 1 fully saturated rings. The van der Waals surface area contributed by atoms with Crippen molar-refractivity contribution in [3.05, 3.63) is 71.8 Å². The minimum absolute atomic E-state index is 0.0893. The minimum Gasteiger partial charge on any atom is -0.506 e. The van der Waals surface area contributed by atoms with Gasteiger partial charge in [-0.2, -0.15) is 0 Å². The molecule has 4 rings (SSSR count). The number of amides is 2. The lowest BCUT2D eigenvalue weighted by Gasteiger charge is -2.16. The van der Waals surface area contributed by atoms with Gasteiger partial charge in [-0.05, 0) is 60.2 Å². The molecule has 0 spiro atoms. The van der Waals surface area contributed by atoms with Gasteiger partial charge in [0.15, 0.2) is 0 Å². The zero-order valence-corrected chi connectivity index (χ0v) is 19.6. The molecule has 178 valence electrons. The Hall–Kier alpha value is -3.42. The SMILES string of the molecule is COC1CCN(CC(=O)Nc2cc(C(=O)Nc3ccc(C4=CCC(C)C=C4)cc3)ccc2O)C1. The van der Waals surface area contributed by atoms with Crippen molar-refractivity contribution in [1.82, 2.24) is 4.90 Å². The van der Waals surface area contributed by atoms with Crippen LogP contribution in [0.1, 0.15) is 35.7 Å². The van der Waals surface area contributed by atoms with Crippen LogP contribution in [0.25, 0.3) is 5.57 Å². The summed E-state index contributed by atoms with van der Waals surface area (Å²) in [4.78, 5) is 27.2. The van der Waals surface area contributed by atoms with Gasteiger partial charge in [0.05, 0.1) is 18.3 Å². The normalized spacial score (nSPS) is 20.1. The van der Waals surface area contributed by atoms with E-state index in [-0.39, 0.29) is 35.9 Å². The Labute approximate surface area is 200 Å². The van der Waals surface area contributed by atoms with Gasteiger partial charge in [-0.3, -0.25) is 14.5 Å². The average molecular weight is 462 g/mol. The lowest BCUT2D eigenvalue weighted by molar-refractivity contribution is -0.117. The van der Waals surface area contributed by atoms with Gasteiger partial charge >= 0.3 is 0 Å². The number of benzene rings is 2. The van der Waals surface area contributed by atoms with Gasteiger partial charge in [-0.1, -0.05) is 37.3 Å². The van der Waals surface area contributed by atoms with Gasteiger partial charge in [0.1, 0.15) is 5.75 Å². The second-order valence-electron chi connectivity index (χ2n) is 8.92. The fraction of sp³-hybridized carbons (Fsp3) is 0.333. The number of hydrogen-bond donors (Lipinski definition) is 3. The van der Waals surface area contributed by atoms with E-state index in [1.807, 2.05) is 29.2 Å². The number of carbonyl (C=O) groups is 2. The van der Waals surface area contributed by atoms with Crippen LogP contribution in [0.3, 0.4) is 0 Å². The zero-order chi connectivity index (χ0) is 24.1. The van der Waals surface area contributed by atoms with E-state index < -0.39 is 0 Å². The average Bonchev–Trinajstić information content (AvgIpc) is 3.29. The summed E-state index contributed by atoms with van der Waals surface area (Å²) in [6.07, 6.45) is 8.61. The summed E-state index contributed by atoms with van der Waals surface area (Å²) in [5.74, 6) is -0.101. The van der Waals surface area contributed by atoms with Gasteiger partial charge in [0.25, 0.3) is 5.91 Å². The molecule has 7 nitrogen and oxygen atoms in total. The molecular formula is C27H31N3O4. The van der Waals surface area contributed by atoms with Crippen LogP contribution >= 0.6 is 0 Å². The lowest BCUT2D eigenvalue weighted by atomic mass is 9.94. The van der Waals surface area contributed by atoms with Gasteiger partial charge in [0, 0.05) is 31.5 Å². The van der Waals surface area contributed by atoms with Crippen LogP contribution in [-0.2, 0) is 9.53 Å². The first-order chi connectivity index (χ1) is 16.4. The summed E-state index contributed by atoms with van der Waals surface area (Å²) in [7, 11) is 1.67. The van der Waals surface area contributed by atoms with Crippen molar-refractivity contribution in [2.45, 2.75) is 25.9 Å². The highest BCUT2D eigenvalue weighted by atomic mass is 16.5. The smallest absolute Gasteiger partial charge is 0.255 e. The molecular weight excluding hydrogens is 430 g/mol. The Kier molecular flexibility index (Phi) is 7.45. The highest BCUT2D eigenvalue weighted by Crippen LogP contribution is 2.27. The Balaban J connectivity index is 1.37. The number of phenolic OH excluding ortho intramolecular Hbond substituents is 1. The summed E-state index contributed by atoms with van der Waals surface area (Å²) in [6.45, 7) is 3.87. The predicted molar refractivity (Wildman–Crippen MR) is 134 cm³/mol. The topological polar surface area (TPSA) is 90.9 Å². The number of ether oxygens (including phenoxy) is 1. The van der Waals surface area contributed by atoms with Crippen LogP contribution in [0.15, 0.2) is 60.7 Å². The fourth-order valence-electron chi connectivity index (χ4n) is 4.19. The molecule has 0 radical (unpaired) electrons. The summed E-state index contributed by atoms with van der Waals surface area (Å²) in [6, 6.07) is 12.1. The molecule has 0 bridgehead atoms. The predicted octanol–water partition coefficient (Wildman–Crippen LogP) is 4.28. The van der Waals surface area contributed by atoms with Crippen LogP contribution in [0.4, 0.5) is 11.4 Å². The number of nitrogens with zero attached hydrogens (tertiary/aromatic N) is 1. The van der Waals surface area contributed by atoms with Crippen LogP contribution in [-0.4, -0.2) is 54.7 Å². The number of methoxy groups -OCH3 is 1. The van der Waals surface area contributed by atoms with Crippen LogP contribution < -0.4 is 10.6 Å². The van der Waals surface area contributed by atoms with Crippen molar-refractivity contribution in [3.63, 3.8) is 0 Å². The molecule has 2 unspecified atom stereocenters. The van der Waals surface area contributed by atoms with E-state index in [0.717, 1.165) is 24.9 Å². The van der Waals surface area contributed by atoms with E-state index in [4.69, 9.17) is 4.74 Å². The highest BCUT2D eigenvalue weighted by molar-refractivity contribution is 6.06. The lowest BCUT2D eigenvalue weighted by Crippen LogP contribution is -2.32. The van der Waals surface area contributed by atoms with E-state index in [0.29, 0.717) is 23.7 Å². The molecule has 2 aromatic rings. The third-order valence-electron chi connectivity index (χ3n) is 6.25. The molecule has 2 amide bonds. The monoisotopic (exact) mass is 461 g/mol. The molecule has 2 aromatic carbocycles. The molecule has 2 atom stereocenters. The number of aromatic hydroxyl groups is 1. The largest absolute Gasteiger partial charge is 0.506 e. The van der Waals surface area contributed by atoms with Crippen LogP contribution in [0.5, 0.6) is 5.75 Å². The van der Waals surface area contributed by atoms with Crippen molar-refractivity contribution in [2.75, 3.05) is 37.4 Å². The molecule has 1 aliphatic heterocycles. The van der Waals surface area contributed by atoms with E-state index in [2.05, 4.69) is 35.8 Å². The quantitative estimate of drug-likeness (QED) is 0.536. The summed E-state index contributed by atoms with van der Waals surface area (Å²) < 4.78 is 5.33. The minimum atomic E-state index is -0.323. The summed E-state index contributed by atoms with van der Waals surface area (Å²) >= 11 is 0. The van der Waals surface area contributed by atoms with E-state index in [1.165, 1.54) is 23.8 Å². The summed E-state index contributed by atoms with van der Waals surface area (Å²) in [5, 5.41) is 15.8. The number of allylic oxidation sites excluding steroid dienone is 4. The molecule has 0 aromatic heterocycles. The molecule has 1 heterocycles.